The first-order chi connectivity index (χ1) is 13.0. The zero-order valence-electron chi connectivity index (χ0n) is 15.1. The van der Waals surface area contributed by atoms with E-state index in [9.17, 15) is 9.59 Å². The van der Waals surface area contributed by atoms with Gasteiger partial charge in [-0.25, -0.2) is 4.68 Å². The van der Waals surface area contributed by atoms with Crippen LogP contribution in [0.15, 0.2) is 30.5 Å². The number of fused-ring (bicyclic) bond motifs is 1. The van der Waals surface area contributed by atoms with E-state index in [4.69, 9.17) is 11.5 Å². The van der Waals surface area contributed by atoms with Crippen molar-refractivity contribution in [1.82, 2.24) is 19.9 Å². The zero-order chi connectivity index (χ0) is 19.0. The number of hydrogen-bond acceptors (Lipinski definition) is 5. The normalized spacial score (nSPS) is 25.1. The molecule has 1 aromatic heterocycles. The lowest BCUT2D eigenvalue weighted by Gasteiger charge is -2.34. The minimum absolute atomic E-state index is 0.216. The van der Waals surface area contributed by atoms with Crippen LogP contribution in [0.4, 0.5) is 0 Å². The maximum atomic E-state index is 13.1. The maximum Gasteiger partial charge on any atom is 0.277 e. The first kappa shape index (κ1) is 17.7. The van der Waals surface area contributed by atoms with E-state index in [1.54, 1.807) is 10.9 Å². The lowest BCUT2D eigenvalue weighted by molar-refractivity contribution is -0.122. The minimum atomic E-state index is -0.676. The highest BCUT2D eigenvalue weighted by Crippen LogP contribution is 2.28. The summed E-state index contributed by atoms with van der Waals surface area (Å²) in [6.07, 6.45) is 5.85. The van der Waals surface area contributed by atoms with Gasteiger partial charge in [-0.3, -0.25) is 9.59 Å². The van der Waals surface area contributed by atoms with Crippen molar-refractivity contribution in [2.24, 2.45) is 11.5 Å². The van der Waals surface area contributed by atoms with Gasteiger partial charge in [-0.05, 0) is 36.8 Å². The molecule has 142 valence electrons. The SMILES string of the molecule is NC(=O)[C@@H]1Cc2ccccc2CN1C(=O)c1cn(C2CCC(N)CC2)nn1. The summed E-state index contributed by atoms with van der Waals surface area (Å²) in [6.45, 7) is 0.341. The summed E-state index contributed by atoms with van der Waals surface area (Å²) in [5.41, 5.74) is 13.9. The van der Waals surface area contributed by atoms with E-state index in [1.807, 2.05) is 24.3 Å². The molecule has 1 aromatic carbocycles. The van der Waals surface area contributed by atoms with Crippen LogP contribution < -0.4 is 11.5 Å². The van der Waals surface area contributed by atoms with Gasteiger partial charge in [0.1, 0.15) is 6.04 Å². The number of nitrogens with zero attached hydrogens (tertiary/aromatic N) is 4. The summed E-state index contributed by atoms with van der Waals surface area (Å²) >= 11 is 0. The second-order valence-electron chi connectivity index (χ2n) is 7.48. The number of hydrogen-bond donors (Lipinski definition) is 2. The minimum Gasteiger partial charge on any atom is -0.368 e. The van der Waals surface area contributed by atoms with Crippen molar-refractivity contribution in [2.75, 3.05) is 0 Å². The molecular formula is C19H24N6O2. The molecule has 8 nitrogen and oxygen atoms in total. The van der Waals surface area contributed by atoms with E-state index >= 15 is 0 Å². The van der Waals surface area contributed by atoms with Gasteiger partial charge in [0.2, 0.25) is 5.91 Å². The van der Waals surface area contributed by atoms with Gasteiger partial charge in [0, 0.05) is 19.0 Å². The van der Waals surface area contributed by atoms with Gasteiger partial charge in [-0.15, -0.1) is 5.10 Å². The summed E-state index contributed by atoms with van der Waals surface area (Å²) in [6, 6.07) is 7.58. The summed E-state index contributed by atoms with van der Waals surface area (Å²) in [4.78, 5) is 26.5. The number of carbonyl (C=O) groups is 2. The van der Waals surface area contributed by atoms with Crippen molar-refractivity contribution in [2.45, 2.75) is 56.8 Å². The molecule has 8 heteroatoms. The third kappa shape index (κ3) is 3.44. The molecule has 0 bridgehead atoms. The Morgan fingerprint density at radius 2 is 1.78 bits per heavy atom. The molecular weight excluding hydrogens is 344 g/mol. The number of nitrogens with two attached hydrogens (primary N) is 2. The molecule has 0 spiro atoms. The Morgan fingerprint density at radius 1 is 1.07 bits per heavy atom. The molecule has 2 heterocycles. The topological polar surface area (TPSA) is 120 Å². The fourth-order valence-electron chi connectivity index (χ4n) is 4.06. The number of rotatable bonds is 3. The molecule has 0 unspecified atom stereocenters. The molecule has 0 radical (unpaired) electrons. The van der Waals surface area contributed by atoms with E-state index in [0.717, 1.165) is 36.8 Å². The Hall–Kier alpha value is -2.74. The van der Waals surface area contributed by atoms with Gasteiger partial charge < -0.3 is 16.4 Å². The van der Waals surface area contributed by atoms with Gasteiger partial charge in [-0.1, -0.05) is 29.5 Å². The maximum absolute atomic E-state index is 13.1. The van der Waals surface area contributed by atoms with Gasteiger partial charge >= 0.3 is 0 Å². The number of aromatic nitrogens is 3. The standard InChI is InChI=1S/C19H24N6O2/c20-14-5-7-15(8-6-14)25-11-16(22-23-25)19(27)24-10-13-4-2-1-3-12(13)9-17(24)18(21)26/h1-4,11,14-15,17H,5-10,20H2,(H2,21,26)/t14?,15?,17-/m0/s1. The molecule has 1 fully saturated rings. The Kier molecular flexibility index (Phi) is 4.65. The number of primary amides is 1. The van der Waals surface area contributed by atoms with Gasteiger partial charge in [0.05, 0.1) is 12.2 Å². The van der Waals surface area contributed by atoms with Crippen LogP contribution >= 0.6 is 0 Å². The lowest BCUT2D eigenvalue weighted by atomic mass is 9.92. The van der Waals surface area contributed by atoms with E-state index in [0.29, 0.717) is 13.0 Å². The lowest BCUT2D eigenvalue weighted by Crippen LogP contribution is -2.51. The average Bonchev–Trinajstić information content (AvgIpc) is 3.17. The Bertz CT molecular complexity index is 855. The highest BCUT2D eigenvalue weighted by Gasteiger charge is 2.35. The second-order valence-corrected chi connectivity index (χ2v) is 7.48. The third-order valence-corrected chi connectivity index (χ3v) is 5.68. The molecule has 1 atom stereocenters. The molecule has 0 saturated heterocycles. The summed E-state index contributed by atoms with van der Waals surface area (Å²) in [5, 5.41) is 8.23. The van der Waals surface area contributed by atoms with Crippen LogP contribution in [0.5, 0.6) is 0 Å². The van der Waals surface area contributed by atoms with Crippen LogP contribution in [0.2, 0.25) is 0 Å². The van der Waals surface area contributed by atoms with E-state index in [2.05, 4.69) is 10.3 Å². The molecule has 1 aliphatic carbocycles. The highest BCUT2D eigenvalue weighted by atomic mass is 16.2. The Morgan fingerprint density at radius 3 is 2.48 bits per heavy atom. The summed E-state index contributed by atoms with van der Waals surface area (Å²) < 4.78 is 1.76. The van der Waals surface area contributed by atoms with E-state index in [-0.39, 0.29) is 23.7 Å². The van der Waals surface area contributed by atoms with Gasteiger partial charge in [0.25, 0.3) is 5.91 Å². The van der Waals surface area contributed by atoms with E-state index in [1.165, 1.54) is 4.90 Å². The molecule has 2 aromatic rings. The van der Waals surface area contributed by atoms with E-state index < -0.39 is 11.9 Å². The first-order valence-corrected chi connectivity index (χ1v) is 9.37. The number of amides is 2. The van der Waals surface area contributed by atoms with Crippen LogP contribution in [0.3, 0.4) is 0 Å². The van der Waals surface area contributed by atoms with Crippen LogP contribution in [-0.4, -0.2) is 43.8 Å². The monoisotopic (exact) mass is 368 g/mol. The zero-order valence-corrected chi connectivity index (χ0v) is 15.1. The van der Waals surface area contributed by atoms with Crippen molar-refractivity contribution in [3.05, 3.63) is 47.3 Å². The fourth-order valence-corrected chi connectivity index (χ4v) is 4.06. The Balaban J connectivity index is 1.55. The predicted octanol–water partition coefficient (Wildman–Crippen LogP) is 0.773. The van der Waals surface area contributed by atoms with Gasteiger partial charge in [-0.2, -0.15) is 0 Å². The van der Waals surface area contributed by atoms with Crippen molar-refractivity contribution in [1.29, 1.82) is 0 Å². The number of benzene rings is 1. The van der Waals surface area contributed by atoms with Crippen LogP contribution in [-0.2, 0) is 17.8 Å². The van der Waals surface area contributed by atoms with Crippen LogP contribution in [0.1, 0.15) is 53.3 Å². The van der Waals surface area contributed by atoms with Crippen molar-refractivity contribution in [3.8, 4) is 0 Å². The van der Waals surface area contributed by atoms with Crippen LogP contribution in [0, 0.1) is 0 Å². The summed E-state index contributed by atoms with van der Waals surface area (Å²) in [7, 11) is 0. The van der Waals surface area contributed by atoms with Gasteiger partial charge in [0.15, 0.2) is 5.69 Å². The highest BCUT2D eigenvalue weighted by molar-refractivity contribution is 5.96. The van der Waals surface area contributed by atoms with Crippen molar-refractivity contribution in [3.63, 3.8) is 0 Å². The smallest absolute Gasteiger partial charge is 0.277 e. The molecule has 4 N–H and O–H groups in total. The molecule has 27 heavy (non-hydrogen) atoms. The molecule has 1 saturated carbocycles. The molecule has 2 aliphatic rings. The fraction of sp³-hybridized carbons (Fsp3) is 0.474. The van der Waals surface area contributed by atoms with Crippen molar-refractivity contribution >= 4 is 11.8 Å². The predicted molar refractivity (Wildman–Crippen MR) is 98.5 cm³/mol. The quantitative estimate of drug-likeness (QED) is 0.829. The van der Waals surface area contributed by atoms with Crippen molar-refractivity contribution < 1.29 is 9.59 Å². The largest absolute Gasteiger partial charge is 0.368 e. The second kappa shape index (κ2) is 7.11. The summed E-state index contributed by atoms with van der Waals surface area (Å²) in [5.74, 6) is -0.821. The molecule has 2 amide bonds. The first-order valence-electron chi connectivity index (χ1n) is 9.37. The number of carbonyl (C=O) groups excluding carboxylic acids is 2. The third-order valence-electron chi connectivity index (χ3n) is 5.68. The average molecular weight is 368 g/mol. The molecule has 1 aliphatic heterocycles. The Labute approximate surface area is 157 Å². The molecule has 4 rings (SSSR count). The van der Waals surface area contributed by atoms with Crippen LogP contribution in [0.25, 0.3) is 0 Å².